The summed E-state index contributed by atoms with van der Waals surface area (Å²) in [6.07, 6.45) is -2.20. The SMILES string of the molecule is O=S(=O)(Nc1ccc(C(F)(F)F)c(Cl)c1F)c1c[nH]c(-c2ccccn2)c1. The van der Waals surface area contributed by atoms with Crippen LogP contribution in [0.3, 0.4) is 0 Å². The number of benzene rings is 1. The van der Waals surface area contributed by atoms with Crippen LogP contribution in [0, 0.1) is 5.82 Å². The van der Waals surface area contributed by atoms with Gasteiger partial charge in [-0.05, 0) is 30.3 Å². The Hall–Kier alpha value is -2.59. The highest BCUT2D eigenvalue weighted by Crippen LogP contribution is 2.38. The van der Waals surface area contributed by atoms with Crippen molar-refractivity contribution >= 4 is 27.3 Å². The summed E-state index contributed by atoms with van der Waals surface area (Å²) < 4.78 is 79.0. The van der Waals surface area contributed by atoms with Crippen molar-refractivity contribution in [3.8, 4) is 11.4 Å². The fraction of sp³-hybridized carbons (Fsp3) is 0.0625. The second-order valence-corrected chi connectivity index (χ2v) is 7.42. The molecule has 0 atom stereocenters. The van der Waals surface area contributed by atoms with Gasteiger partial charge in [-0.2, -0.15) is 13.2 Å². The molecule has 2 aromatic heterocycles. The first-order valence-corrected chi connectivity index (χ1v) is 9.13. The van der Waals surface area contributed by atoms with Crippen LogP contribution < -0.4 is 4.72 Å². The Morgan fingerprint density at radius 3 is 2.52 bits per heavy atom. The zero-order chi connectivity index (χ0) is 19.8. The summed E-state index contributed by atoms with van der Waals surface area (Å²) in [6.45, 7) is 0. The number of anilines is 1. The maximum Gasteiger partial charge on any atom is 0.417 e. The molecule has 0 fully saturated rings. The Morgan fingerprint density at radius 1 is 1.15 bits per heavy atom. The number of aromatic nitrogens is 2. The van der Waals surface area contributed by atoms with E-state index in [0.29, 0.717) is 23.5 Å². The largest absolute Gasteiger partial charge is 0.417 e. The fourth-order valence-corrected chi connectivity index (χ4v) is 3.57. The van der Waals surface area contributed by atoms with Gasteiger partial charge in [0.15, 0.2) is 5.82 Å². The summed E-state index contributed by atoms with van der Waals surface area (Å²) in [7, 11) is -4.28. The van der Waals surface area contributed by atoms with Crippen LogP contribution in [0.5, 0.6) is 0 Å². The molecule has 0 aliphatic carbocycles. The van der Waals surface area contributed by atoms with E-state index in [-0.39, 0.29) is 4.90 Å². The third-order valence-electron chi connectivity index (χ3n) is 3.54. The molecule has 3 rings (SSSR count). The highest BCUT2D eigenvalue weighted by molar-refractivity contribution is 7.92. The van der Waals surface area contributed by atoms with Gasteiger partial charge in [0.25, 0.3) is 10.0 Å². The van der Waals surface area contributed by atoms with Crippen LogP contribution in [0.4, 0.5) is 23.2 Å². The quantitative estimate of drug-likeness (QED) is 0.602. The summed E-state index contributed by atoms with van der Waals surface area (Å²) in [6, 6.07) is 7.45. The third-order valence-corrected chi connectivity index (χ3v) is 5.25. The van der Waals surface area contributed by atoms with E-state index >= 15 is 0 Å². The number of nitrogens with one attached hydrogen (secondary N) is 2. The molecular weight excluding hydrogens is 410 g/mol. The fourth-order valence-electron chi connectivity index (χ4n) is 2.25. The first-order valence-electron chi connectivity index (χ1n) is 7.27. The standard InChI is InChI=1S/C16H10ClF4N3O2S/c17-14-10(16(19,20)21)4-5-12(15(14)18)24-27(25,26)9-7-13(23-8-9)11-3-1-2-6-22-11/h1-8,23-24H. The molecule has 0 bridgehead atoms. The highest BCUT2D eigenvalue weighted by Gasteiger charge is 2.35. The van der Waals surface area contributed by atoms with Crippen molar-refractivity contribution < 1.29 is 26.0 Å². The monoisotopic (exact) mass is 419 g/mol. The zero-order valence-corrected chi connectivity index (χ0v) is 14.8. The van der Waals surface area contributed by atoms with Gasteiger partial charge in [-0.3, -0.25) is 9.71 Å². The molecule has 0 radical (unpaired) electrons. The maximum atomic E-state index is 14.1. The lowest BCUT2D eigenvalue weighted by molar-refractivity contribution is -0.137. The Balaban J connectivity index is 1.92. The number of rotatable bonds is 4. The normalized spacial score (nSPS) is 12.2. The average molecular weight is 420 g/mol. The number of sulfonamides is 1. The number of aromatic amines is 1. The number of halogens is 5. The minimum Gasteiger partial charge on any atom is -0.359 e. The van der Waals surface area contributed by atoms with E-state index in [9.17, 15) is 26.0 Å². The van der Waals surface area contributed by atoms with E-state index in [0.717, 1.165) is 6.20 Å². The smallest absolute Gasteiger partial charge is 0.359 e. The molecule has 2 heterocycles. The van der Waals surface area contributed by atoms with Crippen molar-refractivity contribution in [2.45, 2.75) is 11.1 Å². The summed E-state index contributed by atoms with van der Waals surface area (Å²) in [5, 5.41) is -1.22. The van der Waals surface area contributed by atoms with E-state index in [1.165, 1.54) is 12.3 Å². The predicted octanol–water partition coefficient (Wildman–Crippen LogP) is 4.69. The van der Waals surface area contributed by atoms with Gasteiger partial charge in [-0.25, -0.2) is 12.8 Å². The molecule has 0 spiro atoms. The number of hydrogen-bond acceptors (Lipinski definition) is 3. The first kappa shape index (κ1) is 19.2. The molecule has 0 saturated heterocycles. The molecule has 3 aromatic rings. The van der Waals surface area contributed by atoms with E-state index in [1.54, 1.807) is 18.2 Å². The molecular formula is C16H10ClF4N3O2S. The number of alkyl halides is 3. The van der Waals surface area contributed by atoms with Gasteiger partial charge < -0.3 is 4.98 Å². The van der Waals surface area contributed by atoms with Crippen molar-refractivity contribution in [1.29, 1.82) is 0 Å². The van der Waals surface area contributed by atoms with E-state index in [2.05, 4.69) is 9.97 Å². The highest BCUT2D eigenvalue weighted by atomic mass is 35.5. The average Bonchev–Trinajstić information content (AvgIpc) is 3.10. The first-order chi connectivity index (χ1) is 12.6. The number of hydrogen-bond donors (Lipinski definition) is 2. The molecule has 0 saturated carbocycles. The summed E-state index contributed by atoms with van der Waals surface area (Å²) in [4.78, 5) is 6.52. The second kappa shape index (κ2) is 6.86. The summed E-state index contributed by atoms with van der Waals surface area (Å²) >= 11 is 5.40. The van der Waals surface area contributed by atoms with Gasteiger partial charge in [0, 0.05) is 12.4 Å². The van der Waals surface area contributed by atoms with Crippen molar-refractivity contribution in [2.75, 3.05) is 4.72 Å². The van der Waals surface area contributed by atoms with Crippen LogP contribution in [-0.4, -0.2) is 18.4 Å². The minimum atomic E-state index is -4.87. The molecule has 5 nitrogen and oxygen atoms in total. The van der Waals surface area contributed by atoms with Gasteiger partial charge in [-0.15, -0.1) is 0 Å². The zero-order valence-electron chi connectivity index (χ0n) is 13.2. The van der Waals surface area contributed by atoms with Crippen LogP contribution in [0.2, 0.25) is 5.02 Å². The third kappa shape index (κ3) is 3.91. The lowest BCUT2D eigenvalue weighted by Crippen LogP contribution is -2.15. The van der Waals surface area contributed by atoms with Crippen molar-refractivity contribution in [3.05, 3.63) is 65.2 Å². The Kier molecular flexibility index (Phi) is 4.87. The predicted molar refractivity (Wildman–Crippen MR) is 91.2 cm³/mol. The molecule has 2 N–H and O–H groups in total. The van der Waals surface area contributed by atoms with E-state index in [4.69, 9.17) is 11.6 Å². The minimum absolute atomic E-state index is 0.251. The van der Waals surface area contributed by atoms with E-state index in [1.807, 2.05) is 4.72 Å². The summed E-state index contributed by atoms with van der Waals surface area (Å²) in [5.74, 6) is -1.52. The van der Waals surface area contributed by atoms with Crippen molar-refractivity contribution in [3.63, 3.8) is 0 Å². The number of H-pyrrole nitrogens is 1. The molecule has 0 amide bonds. The molecule has 1 aromatic carbocycles. The second-order valence-electron chi connectivity index (χ2n) is 5.36. The Bertz CT molecular complexity index is 1080. The van der Waals surface area contributed by atoms with Gasteiger partial charge in [0.2, 0.25) is 0 Å². The van der Waals surface area contributed by atoms with Crippen LogP contribution in [-0.2, 0) is 16.2 Å². The van der Waals surface area contributed by atoms with Crippen molar-refractivity contribution in [2.24, 2.45) is 0 Å². The Morgan fingerprint density at radius 2 is 1.89 bits per heavy atom. The van der Waals surface area contributed by atoms with Crippen molar-refractivity contribution in [1.82, 2.24) is 9.97 Å². The van der Waals surface area contributed by atoms with Gasteiger partial charge in [-0.1, -0.05) is 17.7 Å². The molecule has 11 heteroatoms. The molecule has 0 aliphatic rings. The summed E-state index contributed by atoms with van der Waals surface area (Å²) in [5.41, 5.74) is -1.23. The van der Waals surface area contributed by atoms with Crippen LogP contribution in [0.15, 0.2) is 53.7 Å². The topological polar surface area (TPSA) is 74.8 Å². The molecule has 0 unspecified atom stereocenters. The molecule has 0 aliphatic heterocycles. The van der Waals surface area contributed by atoms with Gasteiger partial charge >= 0.3 is 6.18 Å². The number of pyridine rings is 1. The van der Waals surface area contributed by atoms with Gasteiger partial charge in [0.05, 0.1) is 27.7 Å². The lowest BCUT2D eigenvalue weighted by Gasteiger charge is -2.13. The van der Waals surface area contributed by atoms with Crippen LogP contribution >= 0.6 is 11.6 Å². The maximum absolute atomic E-state index is 14.1. The van der Waals surface area contributed by atoms with Gasteiger partial charge in [0.1, 0.15) is 4.90 Å². The van der Waals surface area contributed by atoms with Crippen LogP contribution in [0.1, 0.15) is 5.56 Å². The van der Waals surface area contributed by atoms with Crippen LogP contribution in [0.25, 0.3) is 11.4 Å². The lowest BCUT2D eigenvalue weighted by atomic mass is 10.2. The Labute approximate surface area is 156 Å². The molecule has 142 valence electrons. The molecule has 27 heavy (non-hydrogen) atoms. The number of nitrogens with zero attached hydrogens (tertiary/aromatic N) is 1. The van der Waals surface area contributed by atoms with E-state index < -0.39 is 38.3 Å².